The first-order valence-corrected chi connectivity index (χ1v) is 5.45. The van der Waals surface area contributed by atoms with E-state index in [-0.39, 0.29) is 0 Å². The van der Waals surface area contributed by atoms with Crippen LogP contribution in [0.2, 0.25) is 0 Å². The molecule has 0 aromatic heterocycles. The van der Waals surface area contributed by atoms with Gasteiger partial charge in [-0.2, -0.15) is 0 Å². The number of amides is 1. The maximum Gasteiger partial charge on any atom is 0.250 e. The molecule has 2 aromatic rings. The smallest absolute Gasteiger partial charge is 0.250 e. The number of benzene rings is 2. The highest BCUT2D eigenvalue weighted by Gasteiger charge is 2.07. The van der Waals surface area contributed by atoms with Gasteiger partial charge in [-0.25, -0.2) is 0 Å². The van der Waals surface area contributed by atoms with E-state index < -0.39 is 5.91 Å². The number of hydrogen-bond donors (Lipinski definition) is 2. The van der Waals surface area contributed by atoms with Crippen molar-refractivity contribution in [3.05, 3.63) is 48.0 Å². The van der Waals surface area contributed by atoms with Crippen LogP contribution >= 0.6 is 0 Å². The zero-order valence-electron chi connectivity index (χ0n) is 10.0. The highest BCUT2D eigenvalue weighted by Crippen LogP contribution is 2.25. The maximum absolute atomic E-state index is 11.1. The summed E-state index contributed by atoms with van der Waals surface area (Å²) in [5.74, 6) is 0.272. The molecule has 0 spiro atoms. The molecule has 0 fully saturated rings. The summed E-state index contributed by atoms with van der Waals surface area (Å²) in [6.45, 7) is 0. The summed E-state index contributed by atoms with van der Waals surface area (Å²) in [6.07, 6.45) is 0. The van der Waals surface area contributed by atoms with Gasteiger partial charge < -0.3 is 16.2 Å². The average molecular weight is 242 g/mol. The van der Waals surface area contributed by atoms with Crippen molar-refractivity contribution in [2.75, 3.05) is 12.8 Å². The zero-order chi connectivity index (χ0) is 13.1. The van der Waals surface area contributed by atoms with Crippen molar-refractivity contribution in [1.29, 1.82) is 0 Å². The number of carbonyl (C=O) groups is 1. The summed E-state index contributed by atoms with van der Waals surface area (Å²) in [7, 11) is 1.62. The molecule has 0 bridgehead atoms. The minimum atomic E-state index is -0.520. The van der Waals surface area contributed by atoms with Gasteiger partial charge in [0.2, 0.25) is 0 Å². The van der Waals surface area contributed by atoms with Crippen molar-refractivity contribution in [1.82, 2.24) is 0 Å². The van der Waals surface area contributed by atoms with Crippen LogP contribution < -0.4 is 16.2 Å². The summed E-state index contributed by atoms with van der Waals surface area (Å²) in [6, 6.07) is 12.8. The van der Waals surface area contributed by atoms with Crippen LogP contribution in [-0.4, -0.2) is 13.0 Å². The molecule has 4 nitrogen and oxygen atoms in total. The lowest BCUT2D eigenvalue weighted by atomic mass is 10.0. The van der Waals surface area contributed by atoms with Crippen molar-refractivity contribution < 1.29 is 9.53 Å². The Morgan fingerprint density at radius 1 is 1.06 bits per heavy atom. The predicted molar refractivity (Wildman–Crippen MR) is 71.4 cm³/mol. The molecule has 0 saturated carbocycles. The molecule has 4 heteroatoms. The fourth-order valence-corrected chi connectivity index (χ4v) is 1.75. The molecule has 4 N–H and O–H groups in total. The lowest BCUT2D eigenvalue weighted by Gasteiger charge is -2.07. The molecule has 1 amide bonds. The topological polar surface area (TPSA) is 78.3 Å². The largest absolute Gasteiger partial charge is 0.497 e. The van der Waals surface area contributed by atoms with Crippen molar-refractivity contribution >= 4 is 11.6 Å². The highest BCUT2D eigenvalue weighted by atomic mass is 16.5. The molecule has 0 radical (unpaired) electrons. The van der Waals surface area contributed by atoms with Gasteiger partial charge in [0.15, 0.2) is 0 Å². The molecule has 0 atom stereocenters. The van der Waals surface area contributed by atoms with E-state index in [4.69, 9.17) is 16.2 Å². The number of anilines is 1. The van der Waals surface area contributed by atoms with E-state index in [1.54, 1.807) is 19.2 Å². The molecule has 0 aliphatic carbocycles. The quantitative estimate of drug-likeness (QED) is 0.808. The minimum Gasteiger partial charge on any atom is -0.497 e. The monoisotopic (exact) mass is 242 g/mol. The van der Waals surface area contributed by atoms with E-state index in [0.29, 0.717) is 11.3 Å². The van der Waals surface area contributed by atoms with Crippen molar-refractivity contribution in [2.24, 2.45) is 5.73 Å². The molecule has 0 aliphatic rings. The van der Waals surface area contributed by atoms with Crippen LogP contribution in [0.15, 0.2) is 42.5 Å². The van der Waals surface area contributed by atoms with E-state index >= 15 is 0 Å². The molecule has 0 heterocycles. The first-order chi connectivity index (χ1) is 8.61. The van der Waals surface area contributed by atoms with Gasteiger partial charge in [0.1, 0.15) is 5.75 Å². The molecular weight excluding hydrogens is 228 g/mol. The van der Waals surface area contributed by atoms with Crippen LogP contribution in [0, 0.1) is 0 Å². The van der Waals surface area contributed by atoms with Crippen LogP contribution in [0.25, 0.3) is 11.1 Å². The second kappa shape index (κ2) is 4.79. The third-order valence-corrected chi connectivity index (χ3v) is 2.74. The van der Waals surface area contributed by atoms with E-state index in [1.165, 1.54) is 0 Å². The molecular formula is C14H14N2O2. The first-order valence-electron chi connectivity index (χ1n) is 5.45. The Labute approximate surface area is 105 Å². The van der Waals surface area contributed by atoms with Gasteiger partial charge >= 0.3 is 0 Å². The van der Waals surface area contributed by atoms with Crippen LogP contribution in [0.3, 0.4) is 0 Å². The fourth-order valence-electron chi connectivity index (χ4n) is 1.75. The average Bonchev–Trinajstić information content (AvgIpc) is 2.38. The third kappa shape index (κ3) is 2.27. The summed E-state index contributed by atoms with van der Waals surface area (Å²) >= 11 is 0. The van der Waals surface area contributed by atoms with Gasteiger partial charge in [-0.15, -0.1) is 0 Å². The van der Waals surface area contributed by atoms with Gasteiger partial charge in [-0.05, 0) is 35.4 Å². The first kappa shape index (κ1) is 12.0. The third-order valence-electron chi connectivity index (χ3n) is 2.74. The fraction of sp³-hybridized carbons (Fsp3) is 0.0714. The second-order valence-electron chi connectivity index (χ2n) is 3.89. The number of hydrogen-bond acceptors (Lipinski definition) is 3. The standard InChI is InChI=1S/C14H14N2O2/c1-18-11-5-2-9(3-6-11)10-4-7-12(14(16)17)13(15)8-10/h2-8H,15H2,1H3,(H2,16,17). The molecule has 0 unspecified atom stereocenters. The van der Waals surface area contributed by atoms with Crippen molar-refractivity contribution in [3.63, 3.8) is 0 Å². The molecule has 0 saturated heterocycles. The summed E-state index contributed by atoms with van der Waals surface area (Å²) < 4.78 is 5.09. The van der Waals surface area contributed by atoms with E-state index in [0.717, 1.165) is 16.9 Å². The van der Waals surface area contributed by atoms with Crippen LogP contribution in [0.1, 0.15) is 10.4 Å². The Bertz CT molecular complexity index is 577. The lowest BCUT2D eigenvalue weighted by Crippen LogP contribution is -2.13. The van der Waals surface area contributed by atoms with Crippen molar-refractivity contribution in [2.45, 2.75) is 0 Å². The number of nitrogens with two attached hydrogens (primary N) is 2. The Morgan fingerprint density at radius 2 is 1.67 bits per heavy atom. The molecule has 2 aromatic carbocycles. The molecule has 2 rings (SSSR count). The van der Waals surface area contributed by atoms with Gasteiger partial charge in [0.05, 0.1) is 12.7 Å². The van der Waals surface area contributed by atoms with Gasteiger partial charge in [0, 0.05) is 5.69 Å². The second-order valence-corrected chi connectivity index (χ2v) is 3.89. The SMILES string of the molecule is COc1ccc(-c2ccc(C(N)=O)c(N)c2)cc1. The van der Waals surface area contributed by atoms with Crippen LogP contribution in [0.5, 0.6) is 5.75 Å². The van der Waals surface area contributed by atoms with E-state index in [2.05, 4.69) is 0 Å². The number of rotatable bonds is 3. The Balaban J connectivity index is 2.39. The van der Waals surface area contributed by atoms with Crippen LogP contribution in [-0.2, 0) is 0 Å². The normalized spacial score (nSPS) is 10.1. The number of carbonyl (C=O) groups excluding carboxylic acids is 1. The summed E-state index contributed by atoms with van der Waals surface area (Å²) in [5.41, 5.74) is 13.7. The number of primary amides is 1. The predicted octanol–water partition coefficient (Wildman–Crippen LogP) is 2.04. The number of methoxy groups -OCH3 is 1. The van der Waals surface area contributed by atoms with Crippen molar-refractivity contribution in [3.8, 4) is 16.9 Å². The van der Waals surface area contributed by atoms with Gasteiger partial charge in [0.25, 0.3) is 5.91 Å². The van der Waals surface area contributed by atoms with E-state index in [1.807, 2.05) is 30.3 Å². The Morgan fingerprint density at radius 3 is 2.17 bits per heavy atom. The minimum absolute atomic E-state index is 0.340. The van der Waals surface area contributed by atoms with Gasteiger partial charge in [-0.1, -0.05) is 18.2 Å². The summed E-state index contributed by atoms with van der Waals surface area (Å²) in [4.78, 5) is 11.1. The Kier molecular flexibility index (Phi) is 3.19. The molecule has 18 heavy (non-hydrogen) atoms. The maximum atomic E-state index is 11.1. The van der Waals surface area contributed by atoms with Crippen LogP contribution in [0.4, 0.5) is 5.69 Å². The molecule has 92 valence electrons. The van der Waals surface area contributed by atoms with E-state index in [9.17, 15) is 4.79 Å². The summed E-state index contributed by atoms with van der Waals surface area (Å²) in [5, 5.41) is 0. The lowest BCUT2D eigenvalue weighted by molar-refractivity contribution is 0.100. The highest BCUT2D eigenvalue weighted by molar-refractivity contribution is 5.98. The van der Waals surface area contributed by atoms with Gasteiger partial charge in [-0.3, -0.25) is 4.79 Å². The zero-order valence-corrected chi connectivity index (χ0v) is 10.0. The number of nitrogen functional groups attached to an aromatic ring is 1. The molecule has 0 aliphatic heterocycles. The number of ether oxygens (including phenoxy) is 1. The Hall–Kier alpha value is -2.49.